The SMILES string of the molecule is CC(C)(C)C1CN(c2ccc(NC(=O)Cn3cc(-c4ccnc(C(F)(F)F)c4)cn3)nc2)CCN1C(=O)O. The van der Waals surface area contributed by atoms with Crippen molar-refractivity contribution in [3.05, 3.63) is 54.7 Å². The molecule has 0 aliphatic carbocycles. The lowest BCUT2D eigenvalue weighted by molar-refractivity contribution is -0.141. The zero-order chi connectivity index (χ0) is 27.7. The first-order valence-corrected chi connectivity index (χ1v) is 11.9. The summed E-state index contributed by atoms with van der Waals surface area (Å²) in [5.74, 6) is -0.0832. The average molecular weight is 532 g/mol. The lowest BCUT2D eigenvalue weighted by atomic mass is 9.84. The highest BCUT2D eigenvalue weighted by Crippen LogP contribution is 2.31. The molecule has 10 nitrogen and oxygen atoms in total. The summed E-state index contributed by atoms with van der Waals surface area (Å²) < 4.78 is 40.1. The fraction of sp³-hybridized carbons (Fsp3) is 0.400. The highest BCUT2D eigenvalue weighted by Gasteiger charge is 2.38. The molecule has 0 saturated carbocycles. The molecule has 1 atom stereocenters. The normalized spacial score (nSPS) is 16.4. The predicted octanol–water partition coefficient (Wildman–Crippen LogP) is 4.21. The number of carbonyl (C=O) groups is 2. The number of anilines is 2. The molecule has 0 bridgehead atoms. The molecule has 0 aromatic carbocycles. The van der Waals surface area contributed by atoms with Gasteiger partial charge in [0.25, 0.3) is 0 Å². The van der Waals surface area contributed by atoms with Crippen molar-refractivity contribution in [2.45, 2.75) is 39.5 Å². The van der Waals surface area contributed by atoms with Gasteiger partial charge in [0, 0.05) is 37.6 Å². The number of hydrogen-bond donors (Lipinski definition) is 2. The first kappa shape index (κ1) is 26.9. The van der Waals surface area contributed by atoms with E-state index in [0.717, 1.165) is 18.0 Å². The van der Waals surface area contributed by atoms with E-state index in [0.29, 0.717) is 31.0 Å². The van der Waals surface area contributed by atoms with Gasteiger partial charge >= 0.3 is 12.3 Å². The molecule has 1 unspecified atom stereocenters. The van der Waals surface area contributed by atoms with E-state index in [1.807, 2.05) is 26.8 Å². The molecule has 4 rings (SSSR count). The second-order valence-electron chi connectivity index (χ2n) is 10.1. The van der Waals surface area contributed by atoms with E-state index in [4.69, 9.17) is 0 Å². The molecule has 3 aromatic rings. The maximum atomic E-state index is 12.9. The number of nitrogens with one attached hydrogen (secondary N) is 1. The van der Waals surface area contributed by atoms with Crippen LogP contribution in [0.5, 0.6) is 0 Å². The number of aromatic nitrogens is 4. The second kappa shape index (κ2) is 10.3. The molecule has 38 heavy (non-hydrogen) atoms. The highest BCUT2D eigenvalue weighted by atomic mass is 19.4. The van der Waals surface area contributed by atoms with Gasteiger partial charge in [-0.25, -0.2) is 9.78 Å². The van der Waals surface area contributed by atoms with E-state index in [9.17, 15) is 27.9 Å². The number of hydrogen-bond acceptors (Lipinski definition) is 6. The number of rotatable bonds is 5. The molecule has 0 spiro atoms. The minimum atomic E-state index is -4.56. The van der Waals surface area contributed by atoms with Crippen LogP contribution < -0.4 is 10.2 Å². The average Bonchev–Trinajstić information content (AvgIpc) is 3.31. The number of nitrogens with zero attached hydrogens (tertiary/aromatic N) is 6. The van der Waals surface area contributed by atoms with Crippen LogP contribution in [0.25, 0.3) is 11.1 Å². The Labute approximate surface area is 217 Å². The zero-order valence-electron chi connectivity index (χ0n) is 21.1. The van der Waals surface area contributed by atoms with E-state index in [-0.39, 0.29) is 23.6 Å². The summed E-state index contributed by atoms with van der Waals surface area (Å²) in [6.45, 7) is 7.28. The number of amides is 2. The molecule has 1 aliphatic heterocycles. The van der Waals surface area contributed by atoms with Gasteiger partial charge < -0.3 is 20.2 Å². The number of carbonyl (C=O) groups excluding carboxylic acids is 1. The zero-order valence-corrected chi connectivity index (χ0v) is 21.1. The Morgan fingerprint density at radius 1 is 1.08 bits per heavy atom. The fourth-order valence-electron chi connectivity index (χ4n) is 4.33. The summed E-state index contributed by atoms with van der Waals surface area (Å²) in [7, 11) is 0. The van der Waals surface area contributed by atoms with E-state index in [1.165, 1.54) is 28.0 Å². The van der Waals surface area contributed by atoms with Gasteiger partial charge in [0.05, 0.1) is 24.1 Å². The first-order chi connectivity index (χ1) is 17.8. The maximum Gasteiger partial charge on any atom is 0.433 e. The number of pyridine rings is 2. The van der Waals surface area contributed by atoms with Crippen molar-refractivity contribution in [3.8, 4) is 11.1 Å². The molecule has 2 N–H and O–H groups in total. The molecule has 202 valence electrons. The van der Waals surface area contributed by atoms with Crippen LogP contribution in [0.2, 0.25) is 0 Å². The summed E-state index contributed by atoms with van der Waals surface area (Å²) in [6, 6.07) is 5.64. The van der Waals surface area contributed by atoms with Crippen molar-refractivity contribution in [1.82, 2.24) is 24.6 Å². The smallest absolute Gasteiger partial charge is 0.433 e. The first-order valence-electron chi connectivity index (χ1n) is 11.9. The molecule has 4 heterocycles. The fourth-order valence-corrected chi connectivity index (χ4v) is 4.33. The van der Waals surface area contributed by atoms with Crippen LogP contribution in [0, 0.1) is 5.41 Å². The van der Waals surface area contributed by atoms with Gasteiger partial charge in [-0.2, -0.15) is 18.3 Å². The quantitative estimate of drug-likeness (QED) is 0.507. The van der Waals surface area contributed by atoms with Gasteiger partial charge in [0.2, 0.25) is 5.91 Å². The van der Waals surface area contributed by atoms with Gasteiger partial charge in [-0.1, -0.05) is 20.8 Å². The van der Waals surface area contributed by atoms with Crippen molar-refractivity contribution in [2.24, 2.45) is 5.41 Å². The monoisotopic (exact) mass is 531 g/mol. The summed E-state index contributed by atoms with van der Waals surface area (Å²) >= 11 is 0. The Morgan fingerprint density at radius 2 is 1.84 bits per heavy atom. The molecular weight excluding hydrogens is 503 g/mol. The summed E-state index contributed by atoms with van der Waals surface area (Å²) in [4.78, 5) is 35.4. The molecule has 1 saturated heterocycles. The minimum absolute atomic E-state index is 0.162. The van der Waals surface area contributed by atoms with E-state index in [1.54, 1.807) is 12.3 Å². The summed E-state index contributed by atoms with van der Waals surface area (Å²) in [5.41, 5.74) is 0.268. The third-order valence-electron chi connectivity index (χ3n) is 6.33. The standard InChI is InChI=1S/C25H28F3N7O3/c1-24(2,3)20-14-33(8-9-35(20)23(37)38)18-4-5-21(30-12-18)32-22(36)15-34-13-17(11-31-34)16-6-7-29-19(10-16)25(26,27)28/h4-7,10-13,20H,8-9,14-15H2,1-3H3,(H,37,38)(H,30,32,36). The van der Waals surface area contributed by atoms with Gasteiger partial charge in [-0.15, -0.1) is 0 Å². The molecular formula is C25H28F3N7O3. The van der Waals surface area contributed by atoms with Crippen molar-refractivity contribution in [2.75, 3.05) is 29.9 Å². The van der Waals surface area contributed by atoms with Crippen LogP contribution in [0.15, 0.2) is 49.1 Å². The van der Waals surface area contributed by atoms with Crippen LogP contribution in [-0.4, -0.2) is 67.4 Å². The van der Waals surface area contributed by atoms with Crippen molar-refractivity contribution in [3.63, 3.8) is 0 Å². The summed E-state index contributed by atoms with van der Waals surface area (Å²) in [5, 5.41) is 16.3. The molecule has 3 aromatic heterocycles. The molecule has 2 amide bonds. The number of piperazine rings is 1. The molecule has 1 fully saturated rings. The second-order valence-corrected chi connectivity index (χ2v) is 10.1. The number of halogens is 3. The van der Waals surface area contributed by atoms with Gasteiger partial charge in [0.15, 0.2) is 0 Å². The topological polar surface area (TPSA) is 116 Å². The molecule has 13 heteroatoms. The van der Waals surface area contributed by atoms with Gasteiger partial charge in [0.1, 0.15) is 18.1 Å². The largest absolute Gasteiger partial charge is 0.465 e. The van der Waals surface area contributed by atoms with Crippen molar-refractivity contribution < 1.29 is 27.9 Å². The molecule has 0 radical (unpaired) electrons. The van der Waals surface area contributed by atoms with E-state index < -0.39 is 23.9 Å². The van der Waals surface area contributed by atoms with Crippen LogP contribution >= 0.6 is 0 Å². The molecule has 1 aliphatic rings. The minimum Gasteiger partial charge on any atom is -0.465 e. The van der Waals surface area contributed by atoms with Crippen LogP contribution in [0.1, 0.15) is 26.5 Å². The van der Waals surface area contributed by atoms with Gasteiger partial charge in [-0.3, -0.25) is 14.5 Å². The third kappa shape index (κ3) is 6.21. The highest BCUT2D eigenvalue weighted by molar-refractivity contribution is 5.89. The van der Waals surface area contributed by atoms with E-state index in [2.05, 4.69) is 25.3 Å². The number of alkyl halides is 3. The Bertz CT molecular complexity index is 1300. The Hall–Kier alpha value is -4.16. The van der Waals surface area contributed by atoms with Crippen LogP contribution in [0.3, 0.4) is 0 Å². The van der Waals surface area contributed by atoms with Crippen LogP contribution in [-0.2, 0) is 17.5 Å². The number of carboxylic acid groups (broad SMARTS) is 1. The lowest BCUT2D eigenvalue weighted by Gasteiger charge is -2.46. The maximum absolute atomic E-state index is 12.9. The summed E-state index contributed by atoms with van der Waals surface area (Å²) in [6.07, 6.45) is 0.0672. The lowest BCUT2D eigenvalue weighted by Crippen LogP contribution is -2.59. The van der Waals surface area contributed by atoms with Crippen molar-refractivity contribution >= 4 is 23.5 Å². The predicted molar refractivity (Wildman–Crippen MR) is 134 cm³/mol. The van der Waals surface area contributed by atoms with Crippen molar-refractivity contribution in [1.29, 1.82) is 0 Å². The Balaban J connectivity index is 1.37. The van der Waals surface area contributed by atoms with Gasteiger partial charge in [-0.05, 0) is 35.2 Å². The Morgan fingerprint density at radius 3 is 2.47 bits per heavy atom. The Kier molecular flexibility index (Phi) is 7.29. The van der Waals surface area contributed by atoms with E-state index >= 15 is 0 Å². The third-order valence-corrected chi connectivity index (χ3v) is 6.33. The van der Waals surface area contributed by atoms with Crippen LogP contribution in [0.4, 0.5) is 29.5 Å².